The molecule has 5 nitrogen and oxygen atoms in total. The Labute approximate surface area is 215 Å². The highest BCUT2D eigenvalue weighted by Crippen LogP contribution is 2.32. The zero-order valence-corrected chi connectivity index (χ0v) is 22.1. The van der Waals surface area contributed by atoms with E-state index in [2.05, 4.69) is 57.5 Å². The van der Waals surface area contributed by atoms with Crippen LogP contribution in [-0.2, 0) is 17.6 Å². The molecule has 0 saturated carbocycles. The molecule has 0 saturated heterocycles. The molecule has 174 valence electrons. The number of halogens is 1. The van der Waals surface area contributed by atoms with Crippen molar-refractivity contribution in [3.63, 3.8) is 0 Å². The topological polar surface area (TPSA) is 71.1 Å². The molecule has 0 atom stereocenters. The van der Waals surface area contributed by atoms with Gasteiger partial charge < -0.3 is 10.6 Å². The number of amides is 2. The number of thioether (sulfide) groups is 1. The lowest BCUT2D eigenvalue weighted by molar-refractivity contribution is -0.113. The summed E-state index contributed by atoms with van der Waals surface area (Å²) in [4.78, 5) is 29.8. The van der Waals surface area contributed by atoms with E-state index in [1.54, 1.807) is 12.1 Å². The average molecular weight is 555 g/mol. The number of aromatic nitrogens is 1. The van der Waals surface area contributed by atoms with Gasteiger partial charge in [0.15, 0.2) is 4.34 Å². The number of anilines is 2. The van der Waals surface area contributed by atoms with Crippen LogP contribution in [-0.4, -0.2) is 22.6 Å². The van der Waals surface area contributed by atoms with E-state index in [9.17, 15) is 9.59 Å². The van der Waals surface area contributed by atoms with E-state index in [1.807, 2.05) is 36.4 Å². The van der Waals surface area contributed by atoms with Crippen molar-refractivity contribution in [1.29, 1.82) is 0 Å². The van der Waals surface area contributed by atoms with Crippen LogP contribution < -0.4 is 10.6 Å². The van der Waals surface area contributed by atoms with Crippen LogP contribution in [0, 0.1) is 0 Å². The summed E-state index contributed by atoms with van der Waals surface area (Å²) in [5.74, 6) is 0.0810. The molecule has 4 rings (SSSR count). The number of benzene rings is 3. The van der Waals surface area contributed by atoms with Crippen LogP contribution >= 0.6 is 39.0 Å². The first-order valence-electron chi connectivity index (χ1n) is 11.0. The number of hydrogen-bond donors (Lipinski definition) is 2. The van der Waals surface area contributed by atoms with E-state index in [-0.39, 0.29) is 17.6 Å². The molecule has 8 heteroatoms. The van der Waals surface area contributed by atoms with Crippen molar-refractivity contribution in [3.8, 4) is 0 Å². The molecule has 0 bridgehead atoms. The standard InChI is InChI=1S/C26H24BrN3O2S2/c1-3-16-6-5-7-17(4-2)24(16)30-23(31)15-33-26-29-21-13-12-20(14-22(21)34-26)28-25(32)18-8-10-19(27)11-9-18/h5-14H,3-4,15H2,1-2H3,(H,28,32)(H,30,31). The Morgan fingerprint density at radius 2 is 1.68 bits per heavy atom. The lowest BCUT2D eigenvalue weighted by Crippen LogP contribution is -2.16. The smallest absolute Gasteiger partial charge is 0.255 e. The summed E-state index contributed by atoms with van der Waals surface area (Å²) in [6, 6.07) is 19.0. The lowest BCUT2D eigenvalue weighted by Gasteiger charge is -2.14. The van der Waals surface area contributed by atoms with Crippen LogP contribution in [0.5, 0.6) is 0 Å². The lowest BCUT2D eigenvalue weighted by atomic mass is 10.0. The van der Waals surface area contributed by atoms with E-state index in [0.717, 1.165) is 48.7 Å². The zero-order valence-electron chi connectivity index (χ0n) is 18.9. The number of thiazole rings is 1. The Hall–Kier alpha value is -2.68. The Bertz CT molecular complexity index is 1310. The second kappa shape index (κ2) is 11.2. The minimum atomic E-state index is -0.165. The van der Waals surface area contributed by atoms with Gasteiger partial charge in [-0.2, -0.15) is 0 Å². The van der Waals surface area contributed by atoms with E-state index in [0.29, 0.717) is 11.3 Å². The number of nitrogens with one attached hydrogen (secondary N) is 2. The summed E-state index contributed by atoms with van der Waals surface area (Å²) in [5.41, 5.74) is 5.38. The number of nitrogens with zero attached hydrogens (tertiary/aromatic N) is 1. The number of para-hydroxylation sites is 1. The Morgan fingerprint density at radius 3 is 2.35 bits per heavy atom. The van der Waals surface area contributed by atoms with Crippen molar-refractivity contribution < 1.29 is 9.59 Å². The molecule has 0 radical (unpaired) electrons. The number of hydrogen-bond acceptors (Lipinski definition) is 5. The highest BCUT2D eigenvalue weighted by Gasteiger charge is 2.13. The monoisotopic (exact) mass is 553 g/mol. The maximum Gasteiger partial charge on any atom is 0.255 e. The molecule has 1 heterocycles. The van der Waals surface area contributed by atoms with E-state index in [1.165, 1.54) is 23.1 Å². The van der Waals surface area contributed by atoms with Gasteiger partial charge >= 0.3 is 0 Å². The molecule has 1 aromatic heterocycles. The Kier molecular flexibility index (Phi) is 8.03. The third-order valence-corrected chi connectivity index (χ3v) is 8.01. The second-order valence-corrected chi connectivity index (χ2v) is 10.8. The molecule has 34 heavy (non-hydrogen) atoms. The van der Waals surface area contributed by atoms with Gasteiger partial charge in [0.25, 0.3) is 5.91 Å². The highest BCUT2D eigenvalue weighted by molar-refractivity contribution is 9.10. The summed E-state index contributed by atoms with van der Waals surface area (Å²) in [7, 11) is 0. The maximum atomic E-state index is 12.7. The quantitative estimate of drug-likeness (QED) is 0.227. The molecule has 0 unspecified atom stereocenters. The van der Waals surface area contributed by atoms with Gasteiger partial charge in [-0.25, -0.2) is 4.98 Å². The predicted octanol–water partition coefficient (Wildman–Crippen LogP) is 7.17. The minimum Gasteiger partial charge on any atom is -0.325 e. The van der Waals surface area contributed by atoms with Crippen LogP contribution in [0.1, 0.15) is 35.3 Å². The predicted molar refractivity (Wildman–Crippen MR) is 146 cm³/mol. The Balaban J connectivity index is 1.40. The molecule has 0 spiro atoms. The van der Waals surface area contributed by atoms with Gasteiger partial charge in [0.2, 0.25) is 5.91 Å². The van der Waals surface area contributed by atoms with Crippen molar-refractivity contribution in [2.24, 2.45) is 0 Å². The van der Waals surface area contributed by atoms with Gasteiger partial charge in [0, 0.05) is 21.4 Å². The van der Waals surface area contributed by atoms with Gasteiger partial charge in [0.05, 0.1) is 16.0 Å². The molecular weight excluding hydrogens is 530 g/mol. The van der Waals surface area contributed by atoms with Gasteiger partial charge in [-0.3, -0.25) is 9.59 Å². The van der Waals surface area contributed by atoms with E-state index in [4.69, 9.17) is 0 Å². The normalized spacial score (nSPS) is 10.9. The molecule has 3 aromatic carbocycles. The number of rotatable bonds is 8. The summed E-state index contributed by atoms with van der Waals surface area (Å²) in [6.07, 6.45) is 1.74. The fourth-order valence-corrected chi connectivity index (χ4v) is 5.73. The van der Waals surface area contributed by atoms with Crippen molar-refractivity contribution >= 4 is 72.4 Å². The zero-order chi connectivity index (χ0) is 24.1. The van der Waals surface area contributed by atoms with E-state index < -0.39 is 0 Å². The highest BCUT2D eigenvalue weighted by atomic mass is 79.9. The number of carbonyl (C=O) groups excluding carboxylic acids is 2. The van der Waals surface area contributed by atoms with Crippen molar-refractivity contribution in [1.82, 2.24) is 4.98 Å². The molecule has 0 fully saturated rings. The largest absolute Gasteiger partial charge is 0.325 e. The molecule has 4 aromatic rings. The molecule has 0 aliphatic carbocycles. The molecule has 2 N–H and O–H groups in total. The van der Waals surface area contributed by atoms with Crippen LogP contribution in [0.25, 0.3) is 10.2 Å². The maximum absolute atomic E-state index is 12.7. The summed E-state index contributed by atoms with van der Waals surface area (Å²) < 4.78 is 2.70. The van der Waals surface area contributed by atoms with Gasteiger partial charge in [-0.1, -0.05) is 59.7 Å². The number of aryl methyl sites for hydroxylation is 2. The SMILES string of the molecule is CCc1cccc(CC)c1NC(=O)CSc1nc2ccc(NC(=O)c3ccc(Br)cc3)cc2s1. The average Bonchev–Trinajstić information content (AvgIpc) is 3.25. The summed E-state index contributed by atoms with van der Waals surface area (Å²) in [6.45, 7) is 4.19. The molecule has 0 aliphatic heterocycles. The molecular formula is C26H24BrN3O2S2. The summed E-state index contributed by atoms with van der Waals surface area (Å²) in [5, 5.41) is 6.03. The Morgan fingerprint density at radius 1 is 0.971 bits per heavy atom. The van der Waals surface area contributed by atoms with Crippen LogP contribution in [0.2, 0.25) is 0 Å². The fraction of sp³-hybridized carbons (Fsp3) is 0.192. The van der Waals surface area contributed by atoms with Crippen molar-refractivity contribution in [2.45, 2.75) is 31.0 Å². The number of carbonyl (C=O) groups is 2. The van der Waals surface area contributed by atoms with Gasteiger partial charge in [-0.05, 0) is 66.4 Å². The minimum absolute atomic E-state index is 0.0395. The third kappa shape index (κ3) is 5.87. The number of fused-ring (bicyclic) bond motifs is 1. The van der Waals surface area contributed by atoms with E-state index >= 15 is 0 Å². The first kappa shape index (κ1) is 24.4. The van der Waals surface area contributed by atoms with Gasteiger partial charge in [0.1, 0.15) is 0 Å². The summed E-state index contributed by atoms with van der Waals surface area (Å²) >= 11 is 6.31. The van der Waals surface area contributed by atoms with Crippen LogP contribution in [0.3, 0.4) is 0 Å². The first-order chi connectivity index (χ1) is 16.5. The van der Waals surface area contributed by atoms with Crippen molar-refractivity contribution in [2.75, 3.05) is 16.4 Å². The van der Waals surface area contributed by atoms with Gasteiger partial charge in [-0.15, -0.1) is 11.3 Å². The molecule has 0 aliphatic rings. The molecule has 2 amide bonds. The van der Waals surface area contributed by atoms with Crippen molar-refractivity contribution in [3.05, 3.63) is 81.8 Å². The van der Waals surface area contributed by atoms with Crippen LogP contribution in [0.15, 0.2) is 69.5 Å². The first-order valence-corrected chi connectivity index (χ1v) is 13.6. The second-order valence-electron chi connectivity index (χ2n) is 7.62. The fourth-order valence-electron chi connectivity index (χ4n) is 3.55. The third-order valence-electron chi connectivity index (χ3n) is 5.32. The van der Waals surface area contributed by atoms with Crippen LogP contribution in [0.4, 0.5) is 11.4 Å².